The molecular weight excluding hydrogens is 938 g/mol. The van der Waals surface area contributed by atoms with Gasteiger partial charge >= 0.3 is 0 Å². The molecule has 0 saturated carbocycles. The average molecular weight is 997 g/mol. The highest BCUT2D eigenvalue weighted by atomic mass is 32.1. The minimum atomic E-state index is -0.304. The Morgan fingerprint density at radius 1 is 0.408 bits per heavy atom. The Morgan fingerprint density at radius 2 is 0.816 bits per heavy atom. The van der Waals surface area contributed by atoms with Gasteiger partial charge < -0.3 is 19.6 Å². The van der Waals surface area contributed by atoms with Crippen molar-refractivity contribution in [1.29, 1.82) is 0 Å². The van der Waals surface area contributed by atoms with Gasteiger partial charge in [0.05, 0.1) is 5.69 Å². The van der Waals surface area contributed by atoms with Crippen molar-refractivity contribution in [2.24, 2.45) is 0 Å². The molecule has 0 bridgehead atoms. The lowest BCUT2D eigenvalue weighted by molar-refractivity contribution is 0.590. The van der Waals surface area contributed by atoms with Crippen molar-refractivity contribution < 1.29 is 0 Å². The fourth-order valence-corrected chi connectivity index (χ4v) is 15.0. The number of hydrogen-bond donors (Lipinski definition) is 0. The summed E-state index contributed by atoms with van der Waals surface area (Å²) in [6.45, 7) is 19.1. The molecule has 0 atom stereocenters. The summed E-state index contributed by atoms with van der Waals surface area (Å²) in [5.41, 5.74) is 26.3. The Hall–Kier alpha value is -7.99. The number of fused-ring (bicyclic) bond motifs is 11. The van der Waals surface area contributed by atoms with Gasteiger partial charge in [0.15, 0.2) is 0 Å². The molecule has 0 fully saturated rings. The maximum Gasteiger partial charge on any atom is 0.264 e. The van der Waals surface area contributed by atoms with Gasteiger partial charge in [-0.25, -0.2) is 0 Å². The summed E-state index contributed by atoms with van der Waals surface area (Å²) in [6.07, 6.45) is 0. The Balaban J connectivity index is 1.11. The molecule has 1 aromatic heterocycles. The van der Waals surface area contributed by atoms with Crippen LogP contribution >= 0.6 is 11.3 Å². The zero-order chi connectivity index (χ0) is 51.6. The molecule has 1 aliphatic carbocycles. The quantitative estimate of drug-likeness (QED) is 0.163. The molecule has 0 amide bonds. The molecule has 5 aliphatic rings. The minimum Gasteiger partial charge on any atom is -0.311 e. The molecule has 0 unspecified atom stereocenters. The summed E-state index contributed by atoms with van der Waals surface area (Å²) in [6, 6.07) is 78.5. The minimum absolute atomic E-state index is 0.0518. The number of allylic oxidation sites excluding steroid dienone is 1. The molecule has 76 heavy (non-hydrogen) atoms. The first-order valence-electron chi connectivity index (χ1n) is 27.1. The standard InChI is InChI=1S/C69H58B2N4S/c1-67(2,3)43-37-56-61-58(39-43)74(47-29-17-11-18-30-47)63-49-33-21-23-35-51(49)69(7,8)65(63)70(61)52-41-55-53(42-54(52)72(56)45-25-13-9-14-26-45)71-62-57(73(55)46-27-15-10-16-28-46)38-44(68(4,5)6)40-59(62)75(48-31-19-12-20-32-48)64-50-34-22-24-36-60(50)76-66(64)71/h9-42H,1-8H3. The Bertz CT molecular complexity index is 4080. The first-order valence-corrected chi connectivity index (χ1v) is 27.9. The third-order valence-corrected chi connectivity index (χ3v) is 18.5. The van der Waals surface area contributed by atoms with Crippen LogP contribution in [0.3, 0.4) is 0 Å². The summed E-state index contributed by atoms with van der Waals surface area (Å²) in [5, 5.41) is 1.29. The predicted molar refractivity (Wildman–Crippen MR) is 328 cm³/mol. The van der Waals surface area contributed by atoms with Crippen LogP contribution in [0.2, 0.25) is 0 Å². The van der Waals surface area contributed by atoms with E-state index in [1.54, 1.807) is 0 Å². The SMILES string of the molecule is CC(C)(C)c1cc2c3c(c1)N(c1ccccc1)c1cc4c(cc1B3C1=C(c3ccccc3C1(C)C)N2c1ccccc1)N(c1ccccc1)c1cc(C(C)(C)C)cc2c1B4c1sc3ccccc3c1N2c1ccccc1. The van der Waals surface area contributed by atoms with Gasteiger partial charge in [0, 0.05) is 88.4 Å². The zero-order valence-corrected chi connectivity index (χ0v) is 45.3. The smallest absolute Gasteiger partial charge is 0.264 e. The topological polar surface area (TPSA) is 13.0 Å². The summed E-state index contributed by atoms with van der Waals surface area (Å²) < 4.78 is 2.68. The first-order chi connectivity index (χ1) is 36.8. The molecule has 4 aliphatic heterocycles. The van der Waals surface area contributed by atoms with E-state index in [0.717, 1.165) is 11.4 Å². The maximum atomic E-state index is 2.66. The number of anilines is 11. The largest absolute Gasteiger partial charge is 0.311 e. The number of nitrogens with zero attached hydrogens (tertiary/aromatic N) is 4. The number of hydrogen-bond acceptors (Lipinski definition) is 5. The second-order valence-corrected chi connectivity index (χ2v) is 25.2. The van der Waals surface area contributed by atoms with Gasteiger partial charge in [-0.3, -0.25) is 0 Å². The van der Waals surface area contributed by atoms with E-state index in [0.29, 0.717) is 0 Å². The van der Waals surface area contributed by atoms with Crippen molar-refractivity contribution in [3.05, 3.63) is 234 Å². The van der Waals surface area contributed by atoms with Crippen LogP contribution in [-0.4, -0.2) is 13.4 Å². The highest BCUT2D eigenvalue weighted by molar-refractivity contribution is 7.33. The van der Waals surface area contributed by atoms with Crippen LogP contribution in [0, 0.1) is 0 Å². The number of benzene rings is 9. The highest BCUT2D eigenvalue weighted by Gasteiger charge is 2.55. The number of rotatable bonds is 4. The second kappa shape index (κ2) is 16.0. The maximum absolute atomic E-state index is 2.66. The number of thiophene rings is 1. The van der Waals surface area contributed by atoms with Gasteiger partial charge in [0.1, 0.15) is 0 Å². The van der Waals surface area contributed by atoms with E-state index in [9.17, 15) is 0 Å². The molecule has 0 radical (unpaired) electrons. The Kier molecular flexibility index (Phi) is 9.57. The van der Waals surface area contributed by atoms with Gasteiger partial charge in [-0.2, -0.15) is 0 Å². The van der Waals surface area contributed by atoms with Crippen LogP contribution in [0.1, 0.15) is 77.6 Å². The lowest BCUT2D eigenvalue weighted by Gasteiger charge is -2.48. The van der Waals surface area contributed by atoms with Crippen LogP contribution < -0.4 is 46.2 Å². The van der Waals surface area contributed by atoms with E-state index in [-0.39, 0.29) is 29.7 Å². The van der Waals surface area contributed by atoms with Crippen molar-refractivity contribution in [1.82, 2.24) is 0 Å². The van der Waals surface area contributed by atoms with Gasteiger partial charge in [0.25, 0.3) is 6.71 Å². The summed E-state index contributed by atoms with van der Waals surface area (Å²) in [7, 11) is 0. The Labute approximate surface area is 452 Å². The van der Waals surface area contributed by atoms with E-state index >= 15 is 0 Å². The van der Waals surface area contributed by atoms with Crippen molar-refractivity contribution >= 4 is 130 Å². The van der Waals surface area contributed by atoms with Gasteiger partial charge in [-0.1, -0.05) is 176 Å². The van der Waals surface area contributed by atoms with E-state index in [2.05, 4.69) is 281 Å². The molecule has 5 heterocycles. The van der Waals surface area contributed by atoms with Gasteiger partial charge in [-0.15, -0.1) is 11.3 Å². The van der Waals surface area contributed by atoms with Crippen molar-refractivity contribution in [3.8, 4) is 0 Å². The summed E-state index contributed by atoms with van der Waals surface area (Å²) in [4.78, 5) is 10.5. The van der Waals surface area contributed by atoms with E-state index in [1.165, 1.54) is 121 Å². The van der Waals surface area contributed by atoms with Crippen LogP contribution in [-0.2, 0) is 16.2 Å². The summed E-state index contributed by atoms with van der Waals surface area (Å²) in [5.74, 6) is 0. The molecule has 10 aromatic rings. The molecule has 9 aromatic carbocycles. The second-order valence-electron chi connectivity index (χ2n) is 24.1. The van der Waals surface area contributed by atoms with E-state index < -0.39 is 0 Å². The highest BCUT2D eigenvalue weighted by Crippen LogP contribution is 2.57. The van der Waals surface area contributed by atoms with Crippen LogP contribution in [0.15, 0.2) is 212 Å². The average Bonchev–Trinajstić information content (AvgIpc) is 3.96. The number of para-hydroxylation sites is 4. The first kappa shape index (κ1) is 45.4. The molecule has 7 heteroatoms. The predicted octanol–water partition coefficient (Wildman–Crippen LogP) is 15.4. The van der Waals surface area contributed by atoms with Crippen molar-refractivity contribution in [2.45, 2.75) is 71.6 Å². The van der Waals surface area contributed by atoms with Crippen LogP contribution in [0.25, 0.3) is 15.8 Å². The monoisotopic (exact) mass is 996 g/mol. The fourth-order valence-electron chi connectivity index (χ4n) is 13.7. The lowest BCUT2D eigenvalue weighted by atomic mass is 9.29. The molecule has 0 N–H and O–H groups in total. The van der Waals surface area contributed by atoms with Crippen LogP contribution in [0.5, 0.6) is 0 Å². The lowest BCUT2D eigenvalue weighted by Crippen LogP contribution is -2.62. The molecule has 15 rings (SSSR count). The van der Waals surface area contributed by atoms with Gasteiger partial charge in [-0.05, 0) is 140 Å². The van der Waals surface area contributed by atoms with Crippen molar-refractivity contribution in [3.63, 3.8) is 0 Å². The Morgan fingerprint density at radius 3 is 1.34 bits per heavy atom. The third-order valence-electron chi connectivity index (χ3n) is 17.3. The molecule has 366 valence electrons. The third kappa shape index (κ3) is 6.33. The molecule has 0 spiro atoms. The van der Waals surface area contributed by atoms with Crippen LogP contribution in [0.4, 0.5) is 62.6 Å². The zero-order valence-electron chi connectivity index (χ0n) is 44.5. The molecule has 4 nitrogen and oxygen atoms in total. The van der Waals surface area contributed by atoms with Gasteiger partial charge in [0.2, 0.25) is 6.71 Å². The van der Waals surface area contributed by atoms with E-state index in [1.807, 2.05) is 11.3 Å². The fraction of sp³-hybridized carbons (Fsp3) is 0.159. The molecule has 0 saturated heterocycles. The summed E-state index contributed by atoms with van der Waals surface area (Å²) >= 11 is 1.97. The van der Waals surface area contributed by atoms with Crippen molar-refractivity contribution in [2.75, 3.05) is 19.6 Å². The normalized spacial score (nSPS) is 15.5. The van der Waals surface area contributed by atoms with E-state index in [4.69, 9.17) is 0 Å². The molecular formula is C69H58B2N4S.